The summed E-state index contributed by atoms with van der Waals surface area (Å²) in [6.45, 7) is 4.13. The lowest BCUT2D eigenvalue weighted by Gasteiger charge is -2.34. The molecule has 0 aromatic carbocycles. The van der Waals surface area contributed by atoms with Crippen LogP contribution in [0.4, 0.5) is 11.9 Å². The van der Waals surface area contributed by atoms with Crippen molar-refractivity contribution in [3.8, 4) is 5.95 Å². The molecule has 3 N–H and O–H groups in total. The number of rotatable bonds is 4. The summed E-state index contributed by atoms with van der Waals surface area (Å²) >= 11 is 0. The summed E-state index contributed by atoms with van der Waals surface area (Å²) in [5, 5.41) is 13.0. The van der Waals surface area contributed by atoms with Gasteiger partial charge in [-0.1, -0.05) is 0 Å². The van der Waals surface area contributed by atoms with E-state index in [2.05, 4.69) is 29.9 Å². The lowest BCUT2D eigenvalue weighted by atomic mass is 10.3. The average Bonchev–Trinajstić information content (AvgIpc) is 3.02. The minimum atomic E-state index is 0.156. The largest absolute Gasteiger partial charge is 0.395 e. The zero-order valence-electron chi connectivity index (χ0n) is 11.5. The Morgan fingerprint density at radius 2 is 1.86 bits per heavy atom. The second-order valence-corrected chi connectivity index (χ2v) is 4.69. The van der Waals surface area contributed by atoms with Gasteiger partial charge in [-0.05, 0) is 0 Å². The van der Waals surface area contributed by atoms with E-state index in [9.17, 15) is 0 Å². The molecular formula is C11H17N9O. The van der Waals surface area contributed by atoms with Crippen LogP contribution in [0.3, 0.4) is 0 Å². The van der Waals surface area contributed by atoms with Gasteiger partial charge in [0, 0.05) is 32.7 Å². The molecule has 0 radical (unpaired) electrons. The third kappa shape index (κ3) is 3.06. The van der Waals surface area contributed by atoms with Gasteiger partial charge in [-0.3, -0.25) is 4.90 Å². The van der Waals surface area contributed by atoms with Crippen LogP contribution in [0.1, 0.15) is 0 Å². The highest BCUT2D eigenvalue weighted by Crippen LogP contribution is 2.13. The Bertz CT molecular complexity index is 579. The van der Waals surface area contributed by atoms with Crippen LogP contribution < -0.4 is 10.6 Å². The molecule has 112 valence electrons. The maximum absolute atomic E-state index is 8.96. The van der Waals surface area contributed by atoms with Crippen LogP contribution in [0.5, 0.6) is 0 Å². The molecule has 0 amide bonds. The van der Waals surface area contributed by atoms with E-state index in [4.69, 9.17) is 10.8 Å². The maximum Gasteiger partial charge on any atom is 0.258 e. The molecule has 1 aliphatic heterocycles. The Kier molecular flexibility index (Phi) is 3.88. The minimum Gasteiger partial charge on any atom is -0.395 e. The molecule has 1 aliphatic rings. The third-order valence-electron chi connectivity index (χ3n) is 3.32. The van der Waals surface area contributed by atoms with E-state index in [0.717, 1.165) is 26.2 Å². The Balaban J connectivity index is 1.77. The second-order valence-electron chi connectivity index (χ2n) is 4.69. The van der Waals surface area contributed by atoms with Gasteiger partial charge in [0.2, 0.25) is 11.9 Å². The Morgan fingerprint density at radius 3 is 2.52 bits per heavy atom. The molecule has 0 spiro atoms. The third-order valence-corrected chi connectivity index (χ3v) is 3.32. The van der Waals surface area contributed by atoms with E-state index in [1.807, 2.05) is 4.90 Å². The van der Waals surface area contributed by atoms with Gasteiger partial charge in [-0.25, -0.2) is 4.98 Å². The van der Waals surface area contributed by atoms with E-state index < -0.39 is 0 Å². The fourth-order valence-electron chi connectivity index (χ4n) is 2.24. The van der Waals surface area contributed by atoms with Crippen molar-refractivity contribution in [1.82, 2.24) is 34.6 Å². The summed E-state index contributed by atoms with van der Waals surface area (Å²) in [7, 11) is 0. The predicted molar refractivity (Wildman–Crippen MR) is 74.9 cm³/mol. The van der Waals surface area contributed by atoms with E-state index in [1.54, 1.807) is 0 Å². The molecular weight excluding hydrogens is 274 g/mol. The molecule has 10 nitrogen and oxygen atoms in total. The first kappa shape index (κ1) is 13.6. The lowest BCUT2D eigenvalue weighted by molar-refractivity contribution is 0.188. The number of aromatic nitrogens is 6. The fraction of sp³-hybridized carbons (Fsp3) is 0.545. The van der Waals surface area contributed by atoms with Gasteiger partial charge in [0.05, 0.1) is 6.61 Å². The quantitative estimate of drug-likeness (QED) is 0.668. The zero-order chi connectivity index (χ0) is 14.7. The average molecular weight is 291 g/mol. The highest BCUT2D eigenvalue weighted by atomic mass is 16.3. The first-order chi connectivity index (χ1) is 10.3. The SMILES string of the molecule is Nc1nc(N2CCN(CCO)CC2)nc(-n2cncn2)n1. The summed E-state index contributed by atoms with van der Waals surface area (Å²) in [5.74, 6) is 1.05. The first-order valence-electron chi connectivity index (χ1n) is 6.71. The van der Waals surface area contributed by atoms with Crippen LogP contribution in [0, 0.1) is 0 Å². The van der Waals surface area contributed by atoms with Gasteiger partial charge in [-0.15, -0.1) is 0 Å². The predicted octanol–water partition coefficient (Wildman–Crippen LogP) is -1.85. The monoisotopic (exact) mass is 291 g/mol. The highest BCUT2D eigenvalue weighted by molar-refractivity contribution is 5.38. The van der Waals surface area contributed by atoms with Crippen molar-refractivity contribution in [1.29, 1.82) is 0 Å². The van der Waals surface area contributed by atoms with Crippen molar-refractivity contribution < 1.29 is 5.11 Å². The molecule has 0 unspecified atom stereocenters. The van der Waals surface area contributed by atoms with Gasteiger partial charge in [-0.2, -0.15) is 24.7 Å². The van der Waals surface area contributed by atoms with Gasteiger partial charge in [0.25, 0.3) is 5.95 Å². The molecule has 1 fully saturated rings. The molecule has 0 saturated carbocycles. The van der Waals surface area contributed by atoms with Crippen molar-refractivity contribution in [2.24, 2.45) is 0 Å². The lowest BCUT2D eigenvalue weighted by Crippen LogP contribution is -2.47. The molecule has 3 heterocycles. The number of anilines is 2. The highest BCUT2D eigenvalue weighted by Gasteiger charge is 2.20. The van der Waals surface area contributed by atoms with Crippen LogP contribution in [0.2, 0.25) is 0 Å². The van der Waals surface area contributed by atoms with Crippen molar-refractivity contribution >= 4 is 11.9 Å². The first-order valence-corrected chi connectivity index (χ1v) is 6.71. The Hall–Kier alpha value is -2.33. The van der Waals surface area contributed by atoms with Gasteiger partial charge in [0.15, 0.2) is 0 Å². The van der Waals surface area contributed by atoms with Crippen molar-refractivity contribution in [2.45, 2.75) is 0 Å². The van der Waals surface area contributed by atoms with E-state index in [0.29, 0.717) is 18.4 Å². The number of piperazine rings is 1. The molecule has 0 atom stereocenters. The molecule has 1 saturated heterocycles. The van der Waals surface area contributed by atoms with Crippen molar-refractivity contribution in [2.75, 3.05) is 50.0 Å². The molecule has 21 heavy (non-hydrogen) atoms. The van der Waals surface area contributed by atoms with E-state index in [1.165, 1.54) is 17.3 Å². The standard InChI is InChI=1S/C11H17N9O/c12-9-15-10(17-11(16-9)20-8-13-7-14-20)19-3-1-18(2-4-19)5-6-21/h7-8,21H,1-6H2,(H2,12,15,16,17). The molecule has 2 aromatic heterocycles. The van der Waals surface area contributed by atoms with Gasteiger partial charge in [0.1, 0.15) is 12.7 Å². The number of β-amino-alcohol motifs (C(OH)–C–C–N with tert-alkyl or cyclic N) is 1. The molecule has 2 aromatic rings. The Labute approximate surface area is 121 Å². The number of aliphatic hydroxyl groups is 1. The maximum atomic E-state index is 8.96. The summed E-state index contributed by atoms with van der Waals surface area (Å²) in [6, 6.07) is 0. The van der Waals surface area contributed by atoms with E-state index in [-0.39, 0.29) is 12.6 Å². The minimum absolute atomic E-state index is 0.156. The van der Waals surface area contributed by atoms with Gasteiger partial charge >= 0.3 is 0 Å². The van der Waals surface area contributed by atoms with Crippen LogP contribution >= 0.6 is 0 Å². The molecule has 0 aliphatic carbocycles. The number of nitrogens with zero attached hydrogens (tertiary/aromatic N) is 8. The van der Waals surface area contributed by atoms with Crippen molar-refractivity contribution in [3.05, 3.63) is 12.7 Å². The Morgan fingerprint density at radius 1 is 1.10 bits per heavy atom. The number of aliphatic hydroxyl groups excluding tert-OH is 1. The molecule has 0 bridgehead atoms. The normalized spacial score (nSPS) is 16.3. The smallest absolute Gasteiger partial charge is 0.258 e. The number of nitrogens with two attached hydrogens (primary N) is 1. The van der Waals surface area contributed by atoms with Crippen molar-refractivity contribution in [3.63, 3.8) is 0 Å². The number of hydrogen-bond acceptors (Lipinski definition) is 9. The van der Waals surface area contributed by atoms with Gasteiger partial charge < -0.3 is 15.7 Å². The fourth-order valence-corrected chi connectivity index (χ4v) is 2.24. The summed E-state index contributed by atoms with van der Waals surface area (Å²) in [6.07, 6.45) is 2.92. The van der Waals surface area contributed by atoms with Crippen LogP contribution in [-0.2, 0) is 0 Å². The van der Waals surface area contributed by atoms with Crippen LogP contribution in [0.15, 0.2) is 12.7 Å². The van der Waals surface area contributed by atoms with Crippen LogP contribution in [-0.4, -0.2) is 79.1 Å². The summed E-state index contributed by atoms with van der Waals surface area (Å²) in [5.41, 5.74) is 5.75. The second kappa shape index (κ2) is 5.97. The van der Waals surface area contributed by atoms with Crippen LogP contribution in [0.25, 0.3) is 5.95 Å². The topological polar surface area (TPSA) is 122 Å². The summed E-state index contributed by atoms with van der Waals surface area (Å²) < 4.78 is 1.45. The zero-order valence-corrected chi connectivity index (χ0v) is 11.5. The summed E-state index contributed by atoms with van der Waals surface area (Å²) in [4.78, 5) is 20.7. The molecule has 10 heteroatoms. The number of nitrogen functional groups attached to an aromatic ring is 1. The van der Waals surface area contributed by atoms with E-state index >= 15 is 0 Å². The number of hydrogen-bond donors (Lipinski definition) is 2. The molecule has 3 rings (SSSR count).